The number of carbonyl (C=O) groups is 2. The van der Waals surface area contributed by atoms with Crippen LogP contribution in [0.2, 0.25) is 0 Å². The summed E-state index contributed by atoms with van der Waals surface area (Å²) in [5.74, 6) is 0.202. The maximum absolute atomic E-state index is 12.6. The molecule has 12 heteroatoms. The van der Waals surface area contributed by atoms with Gasteiger partial charge in [-0.15, -0.1) is 0 Å². The van der Waals surface area contributed by atoms with E-state index in [1.165, 1.54) is 43.7 Å². The molecular formula is C19H32N5O6S-. The van der Waals surface area contributed by atoms with Gasteiger partial charge in [-0.1, -0.05) is 12.8 Å². The second-order valence-corrected chi connectivity index (χ2v) is 9.54. The molecule has 0 saturated carbocycles. The Bertz CT molecular complexity index is 676. The van der Waals surface area contributed by atoms with E-state index in [4.69, 9.17) is 4.84 Å². The number of rotatable bonds is 8. The molecule has 3 amide bonds. The third-order valence-corrected chi connectivity index (χ3v) is 7.03. The minimum atomic E-state index is -2.83. The van der Waals surface area contributed by atoms with E-state index >= 15 is 0 Å². The Morgan fingerprint density at radius 2 is 2.00 bits per heavy atom. The highest BCUT2D eigenvalue weighted by Gasteiger charge is 2.48. The zero-order valence-corrected chi connectivity index (χ0v) is 18.5. The lowest BCUT2D eigenvalue weighted by Gasteiger charge is -2.29. The van der Waals surface area contributed by atoms with Gasteiger partial charge in [0.15, 0.2) is 0 Å². The topological polar surface area (TPSA) is 127 Å². The number of hydroxylamine groups is 3. The molecule has 3 unspecified atom stereocenters. The normalized spacial score (nSPS) is 32.9. The summed E-state index contributed by atoms with van der Waals surface area (Å²) in [5, 5.41) is 4.31. The van der Waals surface area contributed by atoms with Crippen LogP contribution in [0.15, 0.2) is 0 Å². The third kappa shape index (κ3) is 5.74. The molecule has 4 fully saturated rings. The summed E-state index contributed by atoms with van der Waals surface area (Å²) in [4.78, 5) is 34.3. The van der Waals surface area contributed by atoms with E-state index in [0.29, 0.717) is 25.4 Å². The van der Waals surface area contributed by atoms with Gasteiger partial charge < -0.3 is 19.7 Å². The number of likely N-dealkylation sites (tertiary alicyclic amines) is 1. The molecule has 4 rings (SSSR count). The molecule has 0 aromatic rings. The number of hydrogen-bond acceptors (Lipinski definition) is 8. The lowest BCUT2D eigenvalue weighted by Crippen LogP contribution is -2.50. The third-order valence-electron chi connectivity index (χ3n) is 6.75. The van der Waals surface area contributed by atoms with E-state index in [-0.39, 0.29) is 18.6 Å². The number of carbonyl (C=O) groups excluding carboxylic acids is 2. The molecule has 4 saturated heterocycles. The molecule has 4 heterocycles. The molecule has 176 valence electrons. The second-order valence-electron chi connectivity index (χ2n) is 8.99. The Kier molecular flexibility index (Phi) is 7.77. The highest BCUT2D eigenvalue weighted by molar-refractivity contribution is 7.74. The molecule has 4 aliphatic rings. The summed E-state index contributed by atoms with van der Waals surface area (Å²) in [7, 11) is 0. The molecule has 0 aliphatic carbocycles. The van der Waals surface area contributed by atoms with Crippen LogP contribution in [0.25, 0.3) is 0 Å². The minimum absolute atomic E-state index is 0.192. The van der Waals surface area contributed by atoms with Crippen LogP contribution in [0.4, 0.5) is 4.79 Å². The Morgan fingerprint density at radius 1 is 1.23 bits per heavy atom. The Hall–Kier alpha value is -1.31. The number of nitrogens with zero attached hydrogens (tertiary/aromatic N) is 3. The molecular weight excluding hydrogens is 426 g/mol. The highest BCUT2D eigenvalue weighted by Crippen LogP contribution is 2.30. The standard InChI is InChI=1S/C19H33N5O6S/c25-18(17-6-5-16-12-23(17)19(26)24(16)30-31(27)28)21-29-13-15-9-14(10-20-15)11-22-7-3-1-2-4-8-22/h14-17,20H,1-13H2,(H,21,25)(H,27,28)/p-1/t14-,15+,16?,17?/m0/s1. The molecule has 2 N–H and O–H groups in total. The lowest BCUT2D eigenvalue weighted by atomic mass is 10.0. The van der Waals surface area contributed by atoms with Crippen molar-refractivity contribution in [2.75, 3.05) is 39.3 Å². The Morgan fingerprint density at radius 3 is 2.74 bits per heavy atom. The molecule has 2 bridgehead atoms. The van der Waals surface area contributed by atoms with E-state index in [2.05, 4.69) is 20.0 Å². The number of urea groups is 1. The van der Waals surface area contributed by atoms with Crippen molar-refractivity contribution < 1.29 is 27.5 Å². The van der Waals surface area contributed by atoms with E-state index in [9.17, 15) is 18.4 Å². The minimum Gasteiger partial charge on any atom is -0.748 e. The van der Waals surface area contributed by atoms with Crippen molar-refractivity contribution in [2.45, 2.75) is 63.1 Å². The van der Waals surface area contributed by atoms with Crippen LogP contribution in [0.1, 0.15) is 44.9 Å². The fourth-order valence-corrected chi connectivity index (χ4v) is 5.52. The van der Waals surface area contributed by atoms with Gasteiger partial charge in [-0.3, -0.25) is 9.63 Å². The SMILES string of the molecule is O=C(NOC[C@H]1C[C@H](CN2CCCCCC2)CN1)C1CCC2CN1C(=O)N2OS(=O)[O-]. The molecule has 31 heavy (non-hydrogen) atoms. The quantitative estimate of drug-likeness (QED) is 0.381. The van der Waals surface area contributed by atoms with Gasteiger partial charge in [0.1, 0.15) is 17.4 Å². The second kappa shape index (κ2) is 10.5. The zero-order chi connectivity index (χ0) is 21.8. The van der Waals surface area contributed by atoms with Crippen molar-refractivity contribution in [1.82, 2.24) is 25.7 Å². The summed E-state index contributed by atoms with van der Waals surface area (Å²) >= 11 is -2.83. The largest absolute Gasteiger partial charge is 0.748 e. The van der Waals surface area contributed by atoms with Gasteiger partial charge in [-0.2, -0.15) is 9.35 Å². The van der Waals surface area contributed by atoms with E-state index in [0.717, 1.165) is 24.6 Å². The molecule has 11 nitrogen and oxygen atoms in total. The molecule has 5 atom stereocenters. The van der Waals surface area contributed by atoms with E-state index in [1.54, 1.807) is 0 Å². The fourth-order valence-electron chi connectivity index (χ4n) is 5.20. The van der Waals surface area contributed by atoms with Crippen LogP contribution >= 0.6 is 0 Å². The number of hydrogen-bond donors (Lipinski definition) is 2. The van der Waals surface area contributed by atoms with Crippen LogP contribution in [-0.2, 0) is 25.3 Å². The summed E-state index contributed by atoms with van der Waals surface area (Å²) in [6, 6.07) is -1.47. The molecule has 0 spiro atoms. The van der Waals surface area contributed by atoms with E-state index in [1.807, 2.05) is 0 Å². The first-order chi connectivity index (χ1) is 15.0. The number of piperidine rings is 1. The van der Waals surface area contributed by atoms with Crippen LogP contribution in [0.5, 0.6) is 0 Å². The summed E-state index contributed by atoms with van der Waals surface area (Å²) in [5.41, 5.74) is 2.48. The van der Waals surface area contributed by atoms with Gasteiger partial charge in [0, 0.05) is 19.1 Å². The van der Waals surface area contributed by atoms with Gasteiger partial charge in [0.25, 0.3) is 5.91 Å². The van der Waals surface area contributed by atoms with Crippen molar-refractivity contribution in [3.8, 4) is 0 Å². The molecule has 4 aliphatic heterocycles. The highest BCUT2D eigenvalue weighted by atomic mass is 32.2. The monoisotopic (exact) mass is 458 g/mol. The van der Waals surface area contributed by atoms with Gasteiger partial charge in [-0.25, -0.2) is 14.5 Å². The fraction of sp³-hybridized carbons (Fsp3) is 0.895. The Balaban J connectivity index is 1.17. The van der Waals surface area contributed by atoms with Crippen LogP contribution in [0, 0.1) is 5.92 Å². The van der Waals surface area contributed by atoms with Crippen LogP contribution in [-0.4, -0.2) is 93.0 Å². The van der Waals surface area contributed by atoms with Crippen LogP contribution < -0.4 is 10.8 Å². The number of fused-ring (bicyclic) bond motifs is 2. The smallest absolute Gasteiger partial charge is 0.346 e. The Labute approximate surface area is 185 Å². The first-order valence-electron chi connectivity index (χ1n) is 11.3. The summed E-state index contributed by atoms with van der Waals surface area (Å²) < 4.78 is 26.1. The van der Waals surface area contributed by atoms with Crippen molar-refractivity contribution in [3.63, 3.8) is 0 Å². The zero-order valence-electron chi connectivity index (χ0n) is 17.7. The average molecular weight is 459 g/mol. The van der Waals surface area contributed by atoms with Crippen molar-refractivity contribution in [3.05, 3.63) is 0 Å². The van der Waals surface area contributed by atoms with Gasteiger partial charge >= 0.3 is 6.03 Å². The van der Waals surface area contributed by atoms with Gasteiger partial charge in [0.2, 0.25) is 0 Å². The maximum Gasteiger partial charge on any atom is 0.346 e. The average Bonchev–Trinajstić information content (AvgIpc) is 3.15. The molecule has 0 aromatic heterocycles. The predicted molar refractivity (Wildman–Crippen MR) is 110 cm³/mol. The predicted octanol–water partition coefficient (Wildman–Crippen LogP) is -0.117. The van der Waals surface area contributed by atoms with E-state index < -0.39 is 29.3 Å². The molecule has 0 radical (unpaired) electrons. The van der Waals surface area contributed by atoms with Crippen molar-refractivity contribution >= 4 is 23.3 Å². The first-order valence-corrected chi connectivity index (χ1v) is 12.3. The van der Waals surface area contributed by atoms with Gasteiger partial charge in [0.05, 0.1) is 12.6 Å². The van der Waals surface area contributed by atoms with Crippen molar-refractivity contribution in [1.29, 1.82) is 0 Å². The lowest BCUT2D eigenvalue weighted by molar-refractivity contribution is -0.139. The maximum atomic E-state index is 12.6. The molecule has 0 aromatic carbocycles. The summed E-state index contributed by atoms with van der Waals surface area (Å²) in [6.45, 7) is 5.09. The van der Waals surface area contributed by atoms with Gasteiger partial charge in [-0.05, 0) is 57.7 Å². The first kappa shape index (κ1) is 22.9. The number of nitrogens with one attached hydrogen (secondary N) is 2. The number of amides is 3. The summed E-state index contributed by atoms with van der Waals surface area (Å²) in [6.07, 6.45) is 7.18. The van der Waals surface area contributed by atoms with Crippen LogP contribution in [0.3, 0.4) is 0 Å². The van der Waals surface area contributed by atoms with Crippen molar-refractivity contribution in [2.24, 2.45) is 5.92 Å².